The zero-order chi connectivity index (χ0) is 23.2. The van der Waals surface area contributed by atoms with Crippen molar-refractivity contribution in [2.24, 2.45) is 0 Å². The number of rotatable bonds is 7. The van der Waals surface area contributed by atoms with E-state index in [9.17, 15) is 14.4 Å². The van der Waals surface area contributed by atoms with E-state index in [2.05, 4.69) is 5.32 Å². The first-order valence-electron chi connectivity index (χ1n) is 10.1. The van der Waals surface area contributed by atoms with Crippen LogP contribution < -0.4 is 21.0 Å². The maximum atomic E-state index is 13.1. The topological polar surface area (TPSA) is 118 Å². The summed E-state index contributed by atoms with van der Waals surface area (Å²) in [5, 5.41) is 11.7. The summed E-state index contributed by atoms with van der Waals surface area (Å²) in [4.78, 5) is 36.8. The number of hydrogen-bond acceptors (Lipinski definition) is 6. The molecule has 166 valence electrons. The van der Waals surface area contributed by atoms with Gasteiger partial charge in [-0.2, -0.15) is 0 Å². The van der Waals surface area contributed by atoms with Crippen LogP contribution in [0.25, 0.3) is 22.3 Å². The summed E-state index contributed by atoms with van der Waals surface area (Å²) in [6, 6.07) is 22.3. The highest BCUT2D eigenvalue weighted by Crippen LogP contribution is 2.30. The SMILES string of the molecule is O=C(COc1c(-c2ccccc2)oc2ccccc2c1=O)NCc1ccc(C(=O)NO)cc1. The number of carbonyl (C=O) groups is 2. The Balaban J connectivity index is 1.49. The summed E-state index contributed by atoms with van der Waals surface area (Å²) in [7, 11) is 0. The van der Waals surface area contributed by atoms with Crippen LogP contribution in [0.5, 0.6) is 5.75 Å². The molecular weight excluding hydrogens is 424 g/mol. The van der Waals surface area contributed by atoms with Crippen LogP contribution in [0.1, 0.15) is 15.9 Å². The Morgan fingerprint density at radius 3 is 2.33 bits per heavy atom. The van der Waals surface area contributed by atoms with Crippen LogP contribution in [0.3, 0.4) is 0 Å². The number of nitrogens with one attached hydrogen (secondary N) is 2. The molecule has 1 aromatic heterocycles. The molecule has 0 aliphatic carbocycles. The highest BCUT2D eigenvalue weighted by atomic mass is 16.5. The van der Waals surface area contributed by atoms with Gasteiger partial charge in [0, 0.05) is 17.7 Å². The van der Waals surface area contributed by atoms with Gasteiger partial charge in [0.15, 0.2) is 12.4 Å². The van der Waals surface area contributed by atoms with E-state index in [1.807, 2.05) is 18.2 Å². The molecule has 4 rings (SSSR count). The van der Waals surface area contributed by atoms with E-state index in [4.69, 9.17) is 14.4 Å². The maximum absolute atomic E-state index is 13.1. The normalized spacial score (nSPS) is 10.6. The van der Waals surface area contributed by atoms with Gasteiger partial charge in [0.25, 0.3) is 11.8 Å². The number of fused-ring (bicyclic) bond motifs is 1. The smallest absolute Gasteiger partial charge is 0.274 e. The Labute approximate surface area is 188 Å². The number of benzene rings is 3. The summed E-state index contributed by atoms with van der Waals surface area (Å²) in [5.74, 6) is -0.833. The van der Waals surface area contributed by atoms with Gasteiger partial charge in [-0.15, -0.1) is 0 Å². The van der Waals surface area contributed by atoms with Gasteiger partial charge in [-0.25, -0.2) is 5.48 Å². The molecule has 3 aromatic carbocycles. The lowest BCUT2D eigenvalue weighted by atomic mass is 10.1. The number of hydroxylamine groups is 1. The molecule has 3 N–H and O–H groups in total. The standard InChI is InChI=1S/C25H20N2O6/c28-21(26-14-16-10-12-18(13-11-16)25(30)27-31)15-32-24-22(29)19-8-4-5-9-20(19)33-23(24)17-6-2-1-3-7-17/h1-13,31H,14-15H2,(H,26,28)(H,27,30). The van der Waals surface area contributed by atoms with Crippen molar-refractivity contribution in [1.29, 1.82) is 0 Å². The Kier molecular flexibility index (Phi) is 6.47. The third-order valence-corrected chi connectivity index (χ3v) is 4.95. The fourth-order valence-electron chi connectivity index (χ4n) is 3.26. The molecule has 2 amide bonds. The predicted molar refractivity (Wildman–Crippen MR) is 121 cm³/mol. The molecule has 0 bridgehead atoms. The molecule has 0 saturated heterocycles. The Hall–Kier alpha value is -4.43. The van der Waals surface area contributed by atoms with Crippen LogP contribution in [-0.4, -0.2) is 23.6 Å². The largest absolute Gasteiger partial charge is 0.476 e. The van der Waals surface area contributed by atoms with E-state index in [1.165, 1.54) is 12.1 Å². The predicted octanol–water partition coefficient (Wildman–Crippen LogP) is 3.27. The molecule has 4 aromatic rings. The average Bonchev–Trinajstić information content (AvgIpc) is 2.87. The van der Waals surface area contributed by atoms with E-state index < -0.39 is 11.8 Å². The van der Waals surface area contributed by atoms with Gasteiger partial charge >= 0.3 is 0 Å². The van der Waals surface area contributed by atoms with Crippen LogP contribution in [0.4, 0.5) is 0 Å². The number of amides is 2. The summed E-state index contributed by atoms with van der Waals surface area (Å²) in [6.45, 7) is -0.185. The fourth-order valence-corrected chi connectivity index (χ4v) is 3.26. The van der Waals surface area contributed by atoms with Crippen molar-refractivity contribution >= 4 is 22.8 Å². The minimum absolute atomic E-state index is 0.0329. The van der Waals surface area contributed by atoms with Crippen molar-refractivity contribution < 1.29 is 24.0 Å². The number of carbonyl (C=O) groups excluding carboxylic acids is 2. The summed E-state index contributed by atoms with van der Waals surface area (Å²) < 4.78 is 11.6. The molecule has 0 aliphatic heterocycles. The molecule has 8 nitrogen and oxygen atoms in total. The number of hydrogen-bond donors (Lipinski definition) is 3. The fraction of sp³-hybridized carbons (Fsp3) is 0.0800. The Morgan fingerprint density at radius 1 is 0.909 bits per heavy atom. The van der Waals surface area contributed by atoms with E-state index in [1.54, 1.807) is 54.0 Å². The molecule has 0 fully saturated rings. The van der Waals surface area contributed by atoms with Crippen molar-refractivity contribution in [2.75, 3.05) is 6.61 Å². The quantitative estimate of drug-likeness (QED) is 0.297. The van der Waals surface area contributed by atoms with E-state index in [0.717, 1.165) is 5.56 Å². The van der Waals surface area contributed by atoms with Crippen molar-refractivity contribution in [3.63, 3.8) is 0 Å². The summed E-state index contributed by atoms with van der Waals surface area (Å²) in [6.07, 6.45) is 0. The van der Waals surface area contributed by atoms with Gasteiger partial charge < -0.3 is 14.5 Å². The van der Waals surface area contributed by atoms with E-state index in [-0.39, 0.29) is 35.7 Å². The third kappa shape index (κ3) is 4.91. The van der Waals surface area contributed by atoms with Gasteiger partial charge in [0.05, 0.1) is 5.39 Å². The third-order valence-electron chi connectivity index (χ3n) is 4.95. The average molecular weight is 444 g/mol. The summed E-state index contributed by atoms with van der Waals surface area (Å²) in [5.41, 5.74) is 3.31. The number of para-hydroxylation sites is 1. The molecule has 0 atom stereocenters. The molecule has 0 spiro atoms. The summed E-state index contributed by atoms with van der Waals surface area (Å²) >= 11 is 0. The van der Waals surface area contributed by atoms with Gasteiger partial charge in [0.2, 0.25) is 11.2 Å². The first-order chi connectivity index (χ1) is 16.1. The second kappa shape index (κ2) is 9.80. The van der Waals surface area contributed by atoms with Crippen molar-refractivity contribution in [3.05, 3.63) is 100 Å². The molecule has 8 heteroatoms. The van der Waals surface area contributed by atoms with Gasteiger partial charge in [-0.05, 0) is 29.8 Å². The molecule has 0 aliphatic rings. The monoisotopic (exact) mass is 444 g/mol. The van der Waals surface area contributed by atoms with Crippen LogP contribution in [0, 0.1) is 0 Å². The first-order valence-corrected chi connectivity index (χ1v) is 10.1. The first kappa shape index (κ1) is 21.8. The van der Waals surface area contributed by atoms with Crippen LogP contribution in [-0.2, 0) is 11.3 Å². The molecular formula is C25H20N2O6. The van der Waals surface area contributed by atoms with Crippen LogP contribution >= 0.6 is 0 Å². The molecule has 0 radical (unpaired) electrons. The molecule has 0 unspecified atom stereocenters. The van der Waals surface area contributed by atoms with Gasteiger partial charge in [-0.1, -0.05) is 54.6 Å². The van der Waals surface area contributed by atoms with E-state index in [0.29, 0.717) is 16.5 Å². The lowest BCUT2D eigenvalue weighted by Crippen LogP contribution is -2.29. The minimum atomic E-state index is -0.623. The highest BCUT2D eigenvalue weighted by molar-refractivity contribution is 5.93. The molecule has 0 saturated carbocycles. The zero-order valence-corrected chi connectivity index (χ0v) is 17.4. The van der Waals surface area contributed by atoms with Crippen molar-refractivity contribution in [1.82, 2.24) is 10.8 Å². The van der Waals surface area contributed by atoms with Crippen molar-refractivity contribution in [3.8, 4) is 17.1 Å². The lowest BCUT2D eigenvalue weighted by molar-refractivity contribution is -0.123. The minimum Gasteiger partial charge on any atom is -0.476 e. The Morgan fingerprint density at radius 2 is 1.61 bits per heavy atom. The van der Waals surface area contributed by atoms with Gasteiger partial charge in [0.1, 0.15) is 5.58 Å². The molecule has 33 heavy (non-hydrogen) atoms. The van der Waals surface area contributed by atoms with E-state index >= 15 is 0 Å². The van der Waals surface area contributed by atoms with Gasteiger partial charge in [-0.3, -0.25) is 19.6 Å². The zero-order valence-electron chi connectivity index (χ0n) is 17.4. The van der Waals surface area contributed by atoms with Crippen LogP contribution in [0.15, 0.2) is 88.1 Å². The second-order valence-corrected chi connectivity index (χ2v) is 7.15. The lowest BCUT2D eigenvalue weighted by Gasteiger charge is -2.12. The number of ether oxygens (including phenoxy) is 1. The van der Waals surface area contributed by atoms with Crippen LogP contribution in [0.2, 0.25) is 0 Å². The van der Waals surface area contributed by atoms with Crippen molar-refractivity contribution in [2.45, 2.75) is 6.54 Å². The highest BCUT2D eigenvalue weighted by Gasteiger charge is 2.18. The maximum Gasteiger partial charge on any atom is 0.274 e. The Bertz CT molecular complexity index is 1350. The second-order valence-electron chi connectivity index (χ2n) is 7.15. The molecule has 1 heterocycles.